The minimum Gasteiger partial charge on any atom is -0.230 e. The molecule has 0 spiro atoms. The zero-order chi connectivity index (χ0) is 11.1. The van der Waals surface area contributed by atoms with E-state index in [0.29, 0.717) is 0 Å². The van der Waals surface area contributed by atoms with Gasteiger partial charge in [-0.1, -0.05) is 0 Å². The molecule has 1 saturated heterocycles. The summed E-state index contributed by atoms with van der Waals surface area (Å²) < 4.78 is 13.1. The Morgan fingerprint density at radius 1 is 1.33 bits per heavy atom. The Morgan fingerprint density at radius 2 is 2.07 bits per heavy atom. The highest BCUT2D eigenvalue weighted by Gasteiger charge is 2.38. The first-order valence-electron chi connectivity index (χ1n) is 5.33. The zero-order valence-corrected chi connectivity index (χ0v) is 11.3. The van der Waals surface area contributed by atoms with E-state index in [-0.39, 0.29) is 5.82 Å². The average Bonchev–Trinajstić information content (AvgIpc) is 2.47. The molecule has 0 unspecified atom stereocenters. The lowest BCUT2D eigenvalue weighted by Crippen LogP contribution is -2.12. The van der Waals surface area contributed by atoms with Crippen molar-refractivity contribution in [1.82, 2.24) is 0 Å². The van der Waals surface area contributed by atoms with Crippen molar-refractivity contribution in [2.45, 2.75) is 18.2 Å². The monoisotopic (exact) mass is 246 g/mol. The molecular weight excluding hydrogens is 227 g/mol. The summed E-state index contributed by atoms with van der Waals surface area (Å²) in [5.41, 5.74) is 1.13. The quantitative estimate of drug-likeness (QED) is 0.579. The van der Waals surface area contributed by atoms with Gasteiger partial charge in [0.05, 0.1) is 0 Å². The van der Waals surface area contributed by atoms with Crippen LogP contribution < -0.4 is 0 Å². The lowest BCUT2D eigenvalue weighted by atomic mass is 10.2. The van der Waals surface area contributed by atoms with Crippen molar-refractivity contribution in [3.63, 3.8) is 0 Å². The van der Waals surface area contributed by atoms with Gasteiger partial charge < -0.3 is 0 Å². The van der Waals surface area contributed by atoms with Crippen LogP contribution in [-0.2, 0) is 0 Å². The molecule has 0 saturated carbocycles. The molecular formula is C12H19FS2. The second kappa shape index (κ2) is 3.42. The number of halogens is 1. The summed E-state index contributed by atoms with van der Waals surface area (Å²) in [5, 5.41) is 0. The van der Waals surface area contributed by atoms with E-state index >= 15 is 0 Å². The molecule has 3 heteroatoms. The van der Waals surface area contributed by atoms with Gasteiger partial charge in [0.1, 0.15) is 5.82 Å². The molecule has 1 aromatic rings. The summed E-state index contributed by atoms with van der Waals surface area (Å²) >= 11 is 0. The molecule has 2 rings (SSSR count). The van der Waals surface area contributed by atoms with Crippen molar-refractivity contribution >= 4 is 19.0 Å². The first-order chi connectivity index (χ1) is 6.91. The highest BCUT2D eigenvalue weighted by molar-refractivity contribution is 9.03. The van der Waals surface area contributed by atoms with E-state index in [1.54, 1.807) is 12.1 Å². The molecule has 86 valence electrons. The minimum atomic E-state index is -1.75. The van der Waals surface area contributed by atoms with Gasteiger partial charge in [-0.3, -0.25) is 0 Å². The molecule has 1 aliphatic heterocycles. The van der Waals surface area contributed by atoms with Crippen LogP contribution in [0.2, 0.25) is 0 Å². The second-order valence-corrected chi connectivity index (χ2v) is 15.5. The summed E-state index contributed by atoms with van der Waals surface area (Å²) in [4.78, 5) is 1.42. The maximum atomic E-state index is 13.1. The van der Waals surface area contributed by atoms with E-state index in [2.05, 4.69) is 23.3 Å². The number of thiol groups is 1. The van der Waals surface area contributed by atoms with Crippen LogP contribution in [0.15, 0.2) is 23.1 Å². The third kappa shape index (κ3) is 1.92. The Morgan fingerprint density at radius 3 is 2.60 bits per heavy atom. The zero-order valence-electron chi connectivity index (χ0n) is 9.59. The van der Waals surface area contributed by atoms with Crippen LogP contribution >= 0.6 is 19.0 Å². The molecule has 1 aliphatic rings. The van der Waals surface area contributed by atoms with Crippen molar-refractivity contribution in [2.75, 3.05) is 24.0 Å². The Balaban J connectivity index is 2.53. The normalized spacial score (nSPS) is 25.7. The standard InChI is InChI=1S/C12H19FS2/c1-10-9-11(13)5-6-12(10)15(2,3)8-4-7-14-15/h5-6,9,15H,4,7-8H2,1-3H3. The van der Waals surface area contributed by atoms with Crippen molar-refractivity contribution in [2.24, 2.45) is 0 Å². The van der Waals surface area contributed by atoms with Gasteiger partial charge in [0.2, 0.25) is 0 Å². The smallest absolute Gasteiger partial charge is 0.123 e. The van der Waals surface area contributed by atoms with E-state index in [9.17, 15) is 4.39 Å². The molecule has 0 radical (unpaired) electrons. The van der Waals surface area contributed by atoms with Crippen molar-refractivity contribution in [3.8, 4) is 0 Å². The van der Waals surface area contributed by atoms with Gasteiger partial charge in [0.25, 0.3) is 0 Å². The maximum Gasteiger partial charge on any atom is 0.123 e. The Bertz CT molecular complexity index is 389. The van der Waals surface area contributed by atoms with Crippen LogP contribution in [0.25, 0.3) is 0 Å². The van der Waals surface area contributed by atoms with Crippen LogP contribution in [0.4, 0.5) is 4.39 Å². The van der Waals surface area contributed by atoms with E-state index in [0.717, 1.165) is 5.56 Å². The van der Waals surface area contributed by atoms with Gasteiger partial charge in [-0.25, -0.2) is 12.6 Å². The van der Waals surface area contributed by atoms with Gasteiger partial charge in [0.15, 0.2) is 0 Å². The molecule has 0 nitrogen and oxygen atoms in total. The van der Waals surface area contributed by atoms with E-state index < -0.39 is 8.19 Å². The molecule has 1 aromatic carbocycles. The summed E-state index contributed by atoms with van der Waals surface area (Å²) in [6.45, 7) is 2.04. The molecule has 0 N–H and O–H groups in total. The molecule has 1 heterocycles. The number of benzene rings is 1. The van der Waals surface area contributed by atoms with Gasteiger partial charge in [0, 0.05) is 5.75 Å². The fourth-order valence-electron chi connectivity index (χ4n) is 2.54. The number of hydrogen-bond acceptors (Lipinski definition) is 1. The first-order valence-corrected chi connectivity index (χ1v) is 10.2. The lowest BCUT2D eigenvalue weighted by Gasteiger charge is -2.52. The molecule has 15 heavy (non-hydrogen) atoms. The van der Waals surface area contributed by atoms with Crippen molar-refractivity contribution < 1.29 is 4.39 Å². The maximum absolute atomic E-state index is 13.1. The van der Waals surface area contributed by atoms with E-state index in [1.165, 1.54) is 22.8 Å². The number of hydrogen-bond donors (Lipinski definition) is 1. The molecule has 0 amide bonds. The lowest BCUT2D eigenvalue weighted by molar-refractivity contribution is 0.625. The Labute approximate surface area is 95.3 Å². The Hall–Kier alpha value is -0.150. The third-order valence-electron chi connectivity index (χ3n) is 3.37. The van der Waals surface area contributed by atoms with Crippen LogP contribution in [0.1, 0.15) is 12.0 Å². The van der Waals surface area contributed by atoms with Crippen molar-refractivity contribution in [1.29, 1.82) is 0 Å². The predicted molar refractivity (Wildman–Crippen MR) is 72.2 cm³/mol. The SMILES string of the molecule is Cc1cc(F)ccc1[SH]1(C)(C)CCCS1. The Kier molecular flexibility index (Phi) is 2.59. The van der Waals surface area contributed by atoms with Crippen LogP contribution in [0, 0.1) is 12.7 Å². The highest BCUT2D eigenvalue weighted by Crippen LogP contribution is 2.82. The van der Waals surface area contributed by atoms with E-state index in [1.807, 2.05) is 13.0 Å². The third-order valence-corrected chi connectivity index (χ3v) is 12.5. The molecule has 0 atom stereocenters. The summed E-state index contributed by atoms with van der Waals surface area (Å²) in [7, 11) is 0.375. The topological polar surface area (TPSA) is 0 Å². The second-order valence-electron chi connectivity index (χ2n) is 5.11. The van der Waals surface area contributed by atoms with Gasteiger partial charge >= 0.3 is 0 Å². The van der Waals surface area contributed by atoms with Gasteiger partial charge in [-0.2, -0.15) is 0 Å². The summed E-state index contributed by atoms with van der Waals surface area (Å²) in [5.74, 6) is 2.46. The fraction of sp³-hybridized carbons (Fsp3) is 0.500. The largest absolute Gasteiger partial charge is 0.230 e. The first kappa shape index (κ1) is 11.3. The highest BCUT2D eigenvalue weighted by atomic mass is 33.2. The van der Waals surface area contributed by atoms with Crippen LogP contribution in [-0.4, -0.2) is 24.0 Å². The summed E-state index contributed by atoms with van der Waals surface area (Å²) in [6.07, 6.45) is 6.15. The predicted octanol–water partition coefficient (Wildman–Crippen LogP) is 3.88. The molecule has 0 aromatic heterocycles. The summed E-state index contributed by atoms with van der Waals surface area (Å²) in [6, 6.07) is 5.30. The van der Waals surface area contributed by atoms with Crippen molar-refractivity contribution in [3.05, 3.63) is 29.6 Å². The average molecular weight is 246 g/mol. The molecule has 0 bridgehead atoms. The molecule has 0 aliphatic carbocycles. The van der Waals surface area contributed by atoms with Gasteiger partial charge in [-0.15, -0.1) is 10.8 Å². The number of aryl methyl sites for hydroxylation is 1. The minimum absolute atomic E-state index is 0.112. The van der Waals surface area contributed by atoms with Crippen LogP contribution in [0.5, 0.6) is 0 Å². The number of rotatable bonds is 1. The van der Waals surface area contributed by atoms with E-state index in [4.69, 9.17) is 0 Å². The van der Waals surface area contributed by atoms with Gasteiger partial charge in [-0.05, 0) is 60.3 Å². The molecule has 1 fully saturated rings. The fourth-order valence-corrected chi connectivity index (χ4v) is 10.8. The van der Waals surface area contributed by atoms with Crippen LogP contribution in [0.3, 0.4) is 0 Å².